The van der Waals surface area contributed by atoms with Gasteiger partial charge >= 0.3 is 0 Å². The zero-order chi connectivity index (χ0) is 10.6. The minimum absolute atomic E-state index is 0.239. The van der Waals surface area contributed by atoms with Crippen LogP contribution in [0.1, 0.15) is 38.3 Å². The number of nitrogens with one attached hydrogen (secondary N) is 1. The highest BCUT2D eigenvalue weighted by atomic mass is 16.3. The van der Waals surface area contributed by atoms with E-state index in [-0.39, 0.29) is 6.04 Å². The molecule has 0 fully saturated rings. The predicted octanol–water partition coefficient (Wildman–Crippen LogP) is 3.07. The van der Waals surface area contributed by atoms with E-state index in [2.05, 4.69) is 32.7 Å². The zero-order valence-electron chi connectivity index (χ0n) is 9.21. The van der Waals surface area contributed by atoms with Crippen LogP contribution in [0.3, 0.4) is 0 Å². The van der Waals surface area contributed by atoms with Crippen LogP contribution in [0.15, 0.2) is 29.2 Å². The average molecular weight is 193 g/mol. The van der Waals surface area contributed by atoms with Crippen LogP contribution in [0, 0.1) is 0 Å². The van der Waals surface area contributed by atoms with Crippen molar-refractivity contribution in [1.82, 2.24) is 5.32 Å². The maximum Gasteiger partial charge on any atom is 0.120 e. The highest BCUT2D eigenvalue weighted by Crippen LogP contribution is 2.17. The van der Waals surface area contributed by atoms with E-state index in [1.165, 1.54) is 0 Å². The van der Waals surface area contributed by atoms with Crippen molar-refractivity contribution in [2.45, 2.75) is 39.3 Å². The Labute approximate surface area is 86.0 Å². The molecule has 0 aliphatic carbocycles. The van der Waals surface area contributed by atoms with Crippen LogP contribution in [0.25, 0.3) is 0 Å². The van der Waals surface area contributed by atoms with Gasteiger partial charge in [0.15, 0.2) is 0 Å². The Morgan fingerprint density at radius 2 is 2.21 bits per heavy atom. The van der Waals surface area contributed by atoms with Crippen LogP contribution in [0.4, 0.5) is 0 Å². The highest BCUT2D eigenvalue weighted by Gasteiger charge is 2.10. The van der Waals surface area contributed by atoms with Gasteiger partial charge in [0.2, 0.25) is 0 Å². The summed E-state index contributed by atoms with van der Waals surface area (Å²) in [7, 11) is 0. The molecule has 0 aromatic carbocycles. The Morgan fingerprint density at radius 3 is 2.71 bits per heavy atom. The van der Waals surface area contributed by atoms with E-state index in [4.69, 9.17) is 4.42 Å². The summed E-state index contributed by atoms with van der Waals surface area (Å²) in [6.07, 6.45) is 2.84. The molecule has 0 radical (unpaired) electrons. The fourth-order valence-electron chi connectivity index (χ4n) is 1.36. The molecule has 2 nitrogen and oxygen atoms in total. The molecule has 78 valence electrons. The van der Waals surface area contributed by atoms with Crippen molar-refractivity contribution in [3.63, 3.8) is 0 Å². The molecule has 1 rings (SSSR count). The van der Waals surface area contributed by atoms with Crippen LogP contribution in [-0.4, -0.2) is 6.04 Å². The third-order valence-electron chi connectivity index (χ3n) is 2.32. The van der Waals surface area contributed by atoms with Crippen LogP contribution in [0.5, 0.6) is 0 Å². The molecule has 2 heteroatoms. The number of furan rings is 1. The second-order valence-electron chi connectivity index (χ2n) is 3.57. The lowest BCUT2D eigenvalue weighted by atomic mass is 10.2. The number of rotatable bonds is 5. The van der Waals surface area contributed by atoms with Crippen molar-refractivity contribution in [1.29, 1.82) is 0 Å². The molecule has 0 bridgehead atoms. The normalized spacial score (nSPS) is 15.1. The van der Waals surface area contributed by atoms with Crippen molar-refractivity contribution >= 4 is 0 Å². The summed E-state index contributed by atoms with van der Waals surface area (Å²) in [6.45, 7) is 10.00. The third kappa shape index (κ3) is 2.74. The summed E-state index contributed by atoms with van der Waals surface area (Å²) in [6, 6.07) is 4.61. The second kappa shape index (κ2) is 5.01. The molecule has 1 heterocycles. The Balaban J connectivity index is 2.59. The van der Waals surface area contributed by atoms with E-state index in [0.717, 1.165) is 17.9 Å². The predicted molar refractivity (Wildman–Crippen MR) is 59.3 cm³/mol. The van der Waals surface area contributed by atoms with Gasteiger partial charge in [-0.3, -0.25) is 0 Å². The van der Waals surface area contributed by atoms with E-state index in [9.17, 15) is 0 Å². The maximum atomic E-state index is 5.64. The first-order valence-electron chi connectivity index (χ1n) is 5.14. The summed E-state index contributed by atoms with van der Waals surface area (Å²) in [5.41, 5.74) is 0. The van der Waals surface area contributed by atoms with Gasteiger partial charge in [0, 0.05) is 12.5 Å². The SMILES string of the molecule is C=CC(C)NC(C)c1ccc(CC)o1. The molecule has 0 saturated heterocycles. The molecule has 2 unspecified atom stereocenters. The molecule has 1 aromatic heterocycles. The van der Waals surface area contributed by atoms with E-state index >= 15 is 0 Å². The van der Waals surface area contributed by atoms with Gasteiger partial charge in [-0.1, -0.05) is 13.0 Å². The lowest BCUT2D eigenvalue weighted by Gasteiger charge is -2.14. The monoisotopic (exact) mass is 193 g/mol. The van der Waals surface area contributed by atoms with Crippen molar-refractivity contribution in [3.05, 3.63) is 36.3 Å². The molecular weight excluding hydrogens is 174 g/mol. The van der Waals surface area contributed by atoms with Gasteiger partial charge in [-0.25, -0.2) is 0 Å². The first kappa shape index (κ1) is 11.1. The quantitative estimate of drug-likeness (QED) is 0.727. The van der Waals surface area contributed by atoms with Gasteiger partial charge in [0.05, 0.1) is 6.04 Å². The first-order chi connectivity index (χ1) is 6.67. The standard InChI is InChI=1S/C12H19NO/c1-5-9(3)13-10(4)12-8-7-11(6-2)14-12/h5,7-10,13H,1,6H2,2-4H3. The van der Waals surface area contributed by atoms with Gasteiger partial charge < -0.3 is 9.73 Å². The molecule has 1 N–H and O–H groups in total. The molecule has 0 saturated carbocycles. The van der Waals surface area contributed by atoms with E-state index in [1.807, 2.05) is 18.2 Å². The van der Waals surface area contributed by atoms with Crippen LogP contribution in [-0.2, 0) is 6.42 Å². The van der Waals surface area contributed by atoms with Gasteiger partial charge in [-0.05, 0) is 26.0 Å². The maximum absolute atomic E-state index is 5.64. The van der Waals surface area contributed by atoms with Crippen LogP contribution < -0.4 is 5.32 Å². The molecule has 14 heavy (non-hydrogen) atoms. The van der Waals surface area contributed by atoms with Gasteiger partial charge in [-0.2, -0.15) is 0 Å². The lowest BCUT2D eigenvalue weighted by Crippen LogP contribution is -2.26. The Kier molecular flexibility index (Phi) is 3.96. The smallest absolute Gasteiger partial charge is 0.120 e. The van der Waals surface area contributed by atoms with E-state index < -0.39 is 0 Å². The van der Waals surface area contributed by atoms with Gasteiger partial charge in [0.25, 0.3) is 0 Å². The van der Waals surface area contributed by atoms with Crippen LogP contribution >= 0.6 is 0 Å². The minimum atomic E-state index is 0.239. The van der Waals surface area contributed by atoms with Crippen molar-refractivity contribution in [3.8, 4) is 0 Å². The second-order valence-corrected chi connectivity index (χ2v) is 3.57. The van der Waals surface area contributed by atoms with E-state index in [0.29, 0.717) is 6.04 Å². The summed E-state index contributed by atoms with van der Waals surface area (Å²) < 4.78 is 5.64. The average Bonchev–Trinajstić information content (AvgIpc) is 2.65. The number of aryl methyl sites for hydroxylation is 1. The summed E-state index contributed by atoms with van der Waals surface area (Å²) in [5, 5.41) is 3.37. The summed E-state index contributed by atoms with van der Waals surface area (Å²) in [4.78, 5) is 0. The highest BCUT2D eigenvalue weighted by molar-refractivity contribution is 5.10. The molecular formula is C12H19NO. The molecule has 2 atom stereocenters. The van der Waals surface area contributed by atoms with Crippen molar-refractivity contribution in [2.75, 3.05) is 0 Å². The Bertz CT molecular complexity index is 290. The fourth-order valence-corrected chi connectivity index (χ4v) is 1.36. The van der Waals surface area contributed by atoms with E-state index in [1.54, 1.807) is 0 Å². The van der Waals surface area contributed by atoms with Crippen LogP contribution in [0.2, 0.25) is 0 Å². The molecule has 0 spiro atoms. The Morgan fingerprint density at radius 1 is 1.50 bits per heavy atom. The van der Waals surface area contributed by atoms with Gasteiger partial charge in [-0.15, -0.1) is 6.58 Å². The topological polar surface area (TPSA) is 25.2 Å². The zero-order valence-corrected chi connectivity index (χ0v) is 9.21. The van der Waals surface area contributed by atoms with Gasteiger partial charge in [0.1, 0.15) is 11.5 Å². The largest absolute Gasteiger partial charge is 0.464 e. The molecule has 0 amide bonds. The van der Waals surface area contributed by atoms with Crippen molar-refractivity contribution < 1.29 is 4.42 Å². The lowest BCUT2D eigenvalue weighted by molar-refractivity contribution is 0.400. The fraction of sp³-hybridized carbons (Fsp3) is 0.500. The summed E-state index contributed by atoms with van der Waals surface area (Å²) >= 11 is 0. The summed E-state index contributed by atoms with van der Waals surface area (Å²) in [5.74, 6) is 2.04. The molecule has 0 aliphatic heterocycles. The number of hydrogen-bond acceptors (Lipinski definition) is 2. The minimum Gasteiger partial charge on any atom is -0.464 e. The van der Waals surface area contributed by atoms with Crippen molar-refractivity contribution in [2.24, 2.45) is 0 Å². The number of hydrogen-bond donors (Lipinski definition) is 1. The Hall–Kier alpha value is -1.02. The molecule has 1 aromatic rings. The third-order valence-corrected chi connectivity index (χ3v) is 2.32. The molecule has 0 aliphatic rings. The first-order valence-corrected chi connectivity index (χ1v) is 5.14.